The second kappa shape index (κ2) is 12.4. The zero-order chi connectivity index (χ0) is 35.5. The molecule has 1 aliphatic rings. The molecule has 0 bridgehead atoms. The number of para-hydroxylation sites is 1. The van der Waals surface area contributed by atoms with Gasteiger partial charge in [0, 0.05) is 33.9 Å². The van der Waals surface area contributed by atoms with Crippen LogP contribution in [0.4, 0.5) is 17.1 Å². The van der Waals surface area contributed by atoms with Crippen LogP contribution in [0.15, 0.2) is 168 Å². The Labute approximate surface area is 307 Å². The third kappa shape index (κ3) is 5.60. The third-order valence-corrected chi connectivity index (χ3v) is 11.3. The summed E-state index contributed by atoms with van der Waals surface area (Å²) in [5.74, 6) is 0. The number of rotatable bonds is 6. The molecule has 0 N–H and O–H groups in total. The minimum absolute atomic E-state index is 0.129. The van der Waals surface area contributed by atoms with Crippen molar-refractivity contribution in [2.75, 3.05) is 4.90 Å². The van der Waals surface area contributed by atoms with Crippen molar-refractivity contribution < 1.29 is 4.42 Å². The highest BCUT2D eigenvalue weighted by Gasteiger charge is 2.37. The van der Waals surface area contributed by atoms with Crippen LogP contribution in [0.25, 0.3) is 55.3 Å². The van der Waals surface area contributed by atoms with Crippen molar-refractivity contribution in [3.05, 3.63) is 175 Å². The number of benzene rings is 7. The van der Waals surface area contributed by atoms with Gasteiger partial charge in [0.15, 0.2) is 0 Å². The van der Waals surface area contributed by atoms with Crippen molar-refractivity contribution in [1.29, 1.82) is 0 Å². The minimum atomic E-state index is 0.129. The number of fused-ring (bicyclic) bond motifs is 4. The van der Waals surface area contributed by atoms with Gasteiger partial charge in [-0.25, -0.2) is 0 Å². The summed E-state index contributed by atoms with van der Waals surface area (Å²) in [6.45, 7) is 9.61. The minimum Gasteiger partial charge on any atom is -0.456 e. The molecule has 8 aromatic rings. The Morgan fingerprint density at radius 2 is 1.02 bits per heavy atom. The van der Waals surface area contributed by atoms with E-state index >= 15 is 0 Å². The lowest BCUT2D eigenvalue weighted by atomic mass is 9.63. The number of hydrogen-bond acceptors (Lipinski definition) is 2. The van der Waals surface area contributed by atoms with E-state index in [1.54, 1.807) is 0 Å². The van der Waals surface area contributed by atoms with Gasteiger partial charge < -0.3 is 9.32 Å². The predicted octanol–water partition coefficient (Wildman–Crippen LogP) is 14.4. The number of nitrogens with zero attached hydrogens (tertiary/aromatic N) is 1. The monoisotopic (exact) mass is 673 g/mol. The molecule has 0 saturated heterocycles. The molecule has 7 aromatic carbocycles. The fourth-order valence-corrected chi connectivity index (χ4v) is 8.29. The topological polar surface area (TPSA) is 16.4 Å². The summed E-state index contributed by atoms with van der Waals surface area (Å²) >= 11 is 0. The zero-order valence-corrected chi connectivity index (χ0v) is 30.4. The standard InChI is InChI=1S/C50H43NO/c1-49(2)28-29-50(3,4)46-31-37(22-27-45(46)49)41-25-23-39(32-44(41)35-16-9-6-10-17-35)51(38-19-13-18-36(30-38)34-14-7-5-8-15-34)40-24-26-43-42-20-11-12-21-47(42)52-48(43)33-40/h5-27,30-33H,28-29H2,1-4H3. The smallest absolute Gasteiger partial charge is 0.137 e. The van der Waals surface area contributed by atoms with E-state index in [1.165, 1.54) is 57.3 Å². The van der Waals surface area contributed by atoms with Crippen LogP contribution in [0.1, 0.15) is 51.7 Å². The second-order valence-electron chi connectivity index (χ2n) is 15.7. The van der Waals surface area contributed by atoms with Gasteiger partial charge in [0.25, 0.3) is 0 Å². The second-order valence-corrected chi connectivity index (χ2v) is 15.7. The zero-order valence-electron chi connectivity index (χ0n) is 30.4. The Bertz CT molecular complexity index is 2570. The van der Waals surface area contributed by atoms with Crippen molar-refractivity contribution in [3.63, 3.8) is 0 Å². The summed E-state index contributed by atoms with van der Waals surface area (Å²) in [6.07, 6.45) is 2.39. The summed E-state index contributed by atoms with van der Waals surface area (Å²) in [5.41, 5.74) is 15.5. The molecule has 0 fully saturated rings. The lowest BCUT2D eigenvalue weighted by Gasteiger charge is -2.42. The van der Waals surface area contributed by atoms with Crippen LogP contribution in [0.5, 0.6) is 0 Å². The fourth-order valence-electron chi connectivity index (χ4n) is 8.29. The van der Waals surface area contributed by atoms with Gasteiger partial charge in [0.1, 0.15) is 11.2 Å². The molecule has 1 aliphatic carbocycles. The van der Waals surface area contributed by atoms with Gasteiger partial charge in [-0.05, 0) is 111 Å². The molecule has 0 atom stereocenters. The van der Waals surface area contributed by atoms with Gasteiger partial charge >= 0.3 is 0 Å². The van der Waals surface area contributed by atoms with Gasteiger partial charge in [-0.1, -0.05) is 143 Å². The molecule has 9 rings (SSSR count). The quantitative estimate of drug-likeness (QED) is 0.175. The molecule has 0 saturated carbocycles. The van der Waals surface area contributed by atoms with E-state index in [0.717, 1.165) is 39.0 Å². The van der Waals surface area contributed by atoms with Crippen molar-refractivity contribution in [3.8, 4) is 33.4 Å². The van der Waals surface area contributed by atoms with Crippen molar-refractivity contribution in [2.45, 2.75) is 51.4 Å². The van der Waals surface area contributed by atoms with Gasteiger partial charge in [0.05, 0.1) is 0 Å². The Balaban J connectivity index is 1.25. The summed E-state index contributed by atoms with van der Waals surface area (Å²) in [4.78, 5) is 2.37. The maximum atomic E-state index is 6.43. The molecule has 1 heterocycles. The van der Waals surface area contributed by atoms with Gasteiger partial charge in [0.2, 0.25) is 0 Å². The maximum Gasteiger partial charge on any atom is 0.137 e. The molecule has 0 spiro atoms. The van der Waals surface area contributed by atoms with E-state index in [0.29, 0.717) is 0 Å². The highest BCUT2D eigenvalue weighted by atomic mass is 16.3. The highest BCUT2D eigenvalue weighted by molar-refractivity contribution is 6.06. The largest absolute Gasteiger partial charge is 0.456 e. The normalized spacial score (nSPS) is 14.7. The van der Waals surface area contributed by atoms with Crippen LogP contribution in [-0.2, 0) is 10.8 Å². The fraction of sp³-hybridized carbons (Fsp3) is 0.160. The van der Waals surface area contributed by atoms with E-state index in [4.69, 9.17) is 4.42 Å². The molecule has 52 heavy (non-hydrogen) atoms. The molecule has 0 aliphatic heterocycles. The van der Waals surface area contributed by atoms with Crippen LogP contribution in [0.2, 0.25) is 0 Å². The highest BCUT2D eigenvalue weighted by Crippen LogP contribution is 2.48. The molecule has 2 nitrogen and oxygen atoms in total. The summed E-state index contributed by atoms with van der Waals surface area (Å²) in [5, 5.41) is 2.25. The van der Waals surface area contributed by atoms with Crippen LogP contribution >= 0.6 is 0 Å². The Morgan fingerprint density at radius 3 is 1.81 bits per heavy atom. The van der Waals surface area contributed by atoms with Gasteiger partial charge in [-0.15, -0.1) is 0 Å². The van der Waals surface area contributed by atoms with Crippen LogP contribution < -0.4 is 4.90 Å². The first-order valence-electron chi connectivity index (χ1n) is 18.5. The lowest BCUT2D eigenvalue weighted by molar-refractivity contribution is 0.332. The number of anilines is 3. The lowest BCUT2D eigenvalue weighted by Crippen LogP contribution is -2.33. The average Bonchev–Trinajstić information content (AvgIpc) is 3.55. The van der Waals surface area contributed by atoms with Crippen LogP contribution in [0.3, 0.4) is 0 Å². The van der Waals surface area contributed by atoms with Crippen LogP contribution in [0, 0.1) is 0 Å². The first kappa shape index (κ1) is 32.1. The third-order valence-electron chi connectivity index (χ3n) is 11.3. The molecular formula is C50H43NO. The van der Waals surface area contributed by atoms with Crippen LogP contribution in [-0.4, -0.2) is 0 Å². The summed E-state index contributed by atoms with van der Waals surface area (Å²) in [6, 6.07) is 59.4. The molecule has 254 valence electrons. The predicted molar refractivity (Wildman–Crippen MR) is 220 cm³/mol. The van der Waals surface area contributed by atoms with Crippen molar-refractivity contribution >= 4 is 39.0 Å². The van der Waals surface area contributed by atoms with Gasteiger partial charge in [-0.2, -0.15) is 0 Å². The van der Waals surface area contributed by atoms with E-state index in [1.807, 2.05) is 12.1 Å². The molecular weight excluding hydrogens is 631 g/mol. The summed E-state index contributed by atoms with van der Waals surface area (Å²) < 4.78 is 6.43. The Kier molecular flexibility index (Phi) is 7.66. The van der Waals surface area contributed by atoms with Crippen molar-refractivity contribution in [1.82, 2.24) is 0 Å². The molecule has 2 heteroatoms. The number of furan rings is 1. The molecule has 1 aromatic heterocycles. The summed E-state index contributed by atoms with van der Waals surface area (Å²) in [7, 11) is 0. The maximum absolute atomic E-state index is 6.43. The van der Waals surface area contributed by atoms with E-state index in [2.05, 4.69) is 184 Å². The number of hydrogen-bond donors (Lipinski definition) is 0. The molecule has 0 unspecified atom stereocenters. The molecule has 0 radical (unpaired) electrons. The Morgan fingerprint density at radius 1 is 0.404 bits per heavy atom. The van der Waals surface area contributed by atoms with E-state index in [9.17, 15) is 0 Å². The first-order chi connectivity index (χ1) is 25.2. The van der Waals surface area contributed by atoms with E-state index in [-0.39, 0.29) is 10.8 Å². The Hall–Kier alpha value is -5.86. The van der Waals surface area contributed by atoms with E-state index < -0.39 is 0 Å². The molecule has 0 amide bonds. The average molecular weight is 674 g/mol. The van der Waals surface area contributed by atoms with Crippen molar-refractivity contribution in [2.24, 2.45) is 0 Å². The SMILES string of the molecule is CC1(C)CCC(C)(C)c2cc(-c3ccc(N(c4cccc(-c5ccccc5)c4)c4ccc5c(c4)oc4ccccc45)cc3-c3ccccc3)ccc21. The first-order valence-corrected chi connectivity index (χ1v) is 18.5. The van der Waals surface area contributed by atoms with Gasteiger partial charge in [-0.3, -0.25) is 0 Å².